The zero-order valence-corrected chi connectivity index (χ0v) is 23.2. The van der Waals surface area contributed by atoms with E-state index in [1.165, 1.54) is 0 Å². The highest BCUT2D eigenvalue weighted by Gasteiger charge is 2.22. The number of nitrogens with one attached hydrogen (secondary N) is 2. The smallest absolute Gasteiger partial charge is 0.221 e. The van der Waals surface area contributed by atoms with Gasteiger partial charge in [0.2, 0.25) is 11.4 Å². The van der Waals surface area contributed by atoms with Gasteiger partial charge in [-0.3, -0.25) is 0 Å². The van der Waals surface area contributed by atoms with E-state index in [9.17, 15) is 0 Å². The first-order valence-corrected chi connectivity index (χ1v) is 14.3. The average Bonchev–Trinajstić information content (AvgIpc) is 3.89. The second-order valence-electron chi connectivity index (χ2n) is 10.7. The minimum Gasteiger partial charge on any atom is -0.405 e. The molecule has 8 heteroatoms. The van der Waals surface area contributed by atoms with Crippen molar-refractivity contribution in [3.63, 3.8) is 0 Å². The average molecular weight is 567 g/mol. The lowest BCUT2D eigenvalue weighted by Crippen LogP contribution is -1.85. The number of H-pyrrole nitrogens is 2. The second kappa shape index (κ2) is 9.64. The van der Waals surface area contributed by atoms with Crippen LogP contribution < -0.4 is 0 Å². The van der Waals surface area contributed by atoms with E-state index in [-0.39, 0.29) is 0 Å². The molecular weight excluding hydrogens is 544 g/mol. The van der Waals surface area contributed by atoms with Gasteiger partial charge in [0, 0.05) is 45.3 Å². The van der Waals surface area contributed by atoms with Crippen molar-refractivity contribution in [2.24, 2.45) is 10.2 Å². The van der Waals surface area contributed by atoms with Gasteiger partial charge in [0.1, 0.15) is 0 Å². The zero-order chi connectivity index (χ0) is 29.0. The summed E-state index contributed by atoms with van der Waals surface area (Å²) in [5.41, 5.74) is 13.8. The van der Waals surface area contributed by atoms with E-state index >= 15 is 0 Å². The molecule has 0 amide bonds. The molecule has 0 fully saturated rings. The summed E-state index contributed by atoms with van der Waals surface area (Å²) in [6, 6.07) is 32.6. The first-order chi connectivity index (χ1) is 21.8. The van der Waals surface area contributed by atoms with Gasteiger partial charge in [0.15, 0.2) is 11.4 Å². The largest absolute Gasteiger partial charge is 0.405 e. The fourth-order valence-corrected chi connectivity index (χ4v) is 5.86. The highest BCUT2D eigenvalue weighted by Crippen LogP contribution is 2.38. The summed E-state index contributed by atoms with van der Waals surface area (Å²) in [6.07, 6.45) is 8.03. The molecule has 0 unspecified atom stereocenters. The van der Waals surface area contributed by atoms with Gasteiger partial charge in [-0.05, 0) is 46.4 Å². The second-order valence-corrected chi connectivity index (χ2v) is 10.7. The molecule has 3 aliphatic rings. The summed E-state index contributed by atoms with van der Waals surface area (Å²) in [7, 11) is 0. The molecule has 0 aliphatic carbocycles. The van der Waals surface area contributed by atoms with Gasteiger partial charge >= 0.3 is 0 Å². The molecule has 12 bridgehead atoms. The fraction of sp³-hybridized carbons (Fsp3) is 0. The molecule has 2 N–H and O–H groups in total. The normalized spacial score (nSPS) is 12.7. The van der Waals surface area contributed by atoms with Crippen molar-refractivity contribution in [3.05, 3.63) is 120 Å². The lowest BCUT2D eigenvalue weighted by atomic mass is 10.0. The van der Waals surface area contributed by atoms with Gasteiger partial charge in [-0.25, -0.2) is 0 Å². The van der Waals surface area contributed by atoms with Gasteiger partial charge < -0.3 is 9.97 Å². The number of aromatic nitrogens is 6. The van der Waals surface area contributed by atoms with Crippen LogP contribution in [0.3, 0.4) is 0 Å². The Morgan fingerprint density at radius 3 is 1.39 bits per heavy atom. The van der Waals surface area contributed by atoms with E-state index in [2.05, 4.69) is 66.8 Å². The summed E-state index contributed by atoms with van der Waals surface area (Å²) in [5, 5.41) is 18.0. The molecule has 0 atom stereocenters. The summed E-state index contributed by atoms with van der Waals surface area (Å²) in [6.45, 7) is 0. The van der Waals surface area contributed by atoms with E-state index in [1.807, 2.05) is 85.0 Å². The van der Waals surface area contributed by atoms with E-state index < -0.39 is 0 Å². The number of azo groups is 1. The molecule has 44 heavy (non-hydrogen) atoms. The number of rotatable bonds is 2. The van der Waals surface area contributed by atoms with Crippen LogP contribution in [-0.4, -0.2) is 30.1 Å². The summed E-state index contributed by atoms with van der Waals surface area (Å²) in [5.74, 6) is 0. The molecule has 0 spiro atoms. The minimum atomic E-state index is 0.700. The Kier molecular flexibility index (Phi) is 5.33. The molecule has 0 saturated heterocycles. The number of nitrogens with zero attached hydrogens (tertiary/aromatic N) is 6. The Hall–Kier alpha value is -6.28. The van der Waals surface area contributed by atoms with Crippen LogP contribution in [0, 0.1) is 0 Å². The van der Waals surface area contributed by atoms with Crippen LogP contribution in [0.5, 0.6) is 0 Å². The monoisotopic (exact) mass is 566 g/mol. The predicted molar refractivity (Wildman–Crippen MR) is 176 cm³/mol. The number of aromatic amines is 2. The Morgan fingerprint density at radius 2 is 0.909 bits per heavy atom. The number of benzene rings is 2. The van der Waals surface area contributed by atoms with Crippen LogP contribution >= 0.6 is 0 Å². The Morgan fingerprint density at radius 1 is 0.477 bits per heavy atom. The number of hydrogen-bond donors (Lipinski definition) is 2. The third-order valence-electron chi connectivity index (χ3n) is 7.98. The van der Waals surface area contributed by atoms with Crippen LogP contribution in [0.15, 0.2) is 107 Å². The lowest BCUT2D eigenvalue weighted by Gasteiger charge is -2.03. The molecule has 6 aromatic rings. The highest BCUT2D eigenvalue weighted by molar-refractivity contribution is 5.96. The van der Waals surface area contributed by atoms with Gasteiger partial charge in [-0.15, -0.1) is 16.3 Å². The maximum Gasteiger partial charge on any atom is 0.221 e. The zero-order valence-electron chi connectivity index (χ0n) is 23.2. The fourth-order valence-electron chi connectivity index (χ4n) is 5.86. The number of hydrogen-bond acceptors (Lipinski definition) is 6. The molecule has 9 rings (SSSR count). The first-order valence-electron chi connectivity index (χ1n) is 14.3. The molecule has 0 saturated carbocycles. The Balaban J connectivity index is 1.40. The third kappa shape index (κ3) is 4.00. The topological polar surface area (TPSA) is 108 Å². The van der Waals surface area contributed by atoms with Gasteiger partial charge in [0.05, 0.1) is 17.5 Å². The number of fused-ring (bicyclic) bond motifs is 16. The van der Waals surface area contributed by atoms with Crippen LogP contribution in [0.4, 0.5) is 11.4 Å². The van der Waals surface area contributed by atoms with E-state index in [0.717, 1.165) is 78.1 Å². The molecule has 2 aromatic carbocycles. The summed E-state index contributed by atoms with van der Waals surface area (Å²) >= 11 is 0. The SMILES string of the molecule is C1=Cc2nc1c1[cH+]c(c3nc(c(-c4ccccc4)c4ccc([nH]4)c4[cH-]c(nn4)c4ccc([nH]4)c2-c2ccccc2)C=C3)N=N1. The molecule has 3 aliphatic heterocycles. The van der Waals surface area contributed by atoms with E-state index in [0.29, 0.717) is 11.4 Å². The quantitative estimate of drug-likeness (QED) is 0.203. The highest BCUT2D eigenvalue weighted by atomic mass is 15.1. The van der Waals surface area contributed by atoms with Crippen molar-refractivity contribution >= 4 is 68.8 Å². The van der Waals surface area contributed by atoms with Crippen LogP contribution in [0.25, 0.3) is 79.7 Å². The lowest BCUT2D eigenvalue weighted by molar-refractivity contribution is 1.15. The molecule has 8 nitrogen and oxygen atoms in total. The van der Waals surface area contributed by atoms with Crippen molar-refractivity contribution < 1.29 is 0 Å². The molecule has 7 heterocycles. The Labute approximate surface area is 250 Å². The Bertz CT molecular complexity index is 2270. The van der Waals surface area contributed by atoms with Crippen molar-refractivity contribution in [3.8, 4) is 22.3 Å². The van der Waals surface area contributed by atoms with Gasteiger partial charge in [-0.1, -0.05) is 72.8 Å². The minimum absolute atomic E-state index is 0.700. The first kappa shape index (κ1) is 24.3. The van der Waals surface area contributed by atoms with Crippen molar-refractivity contribution in [1.29, 1.82) is 0 Å². The predicted octanol–water partition coefficient (Wildman–Crippen LogP) is 9.22. The van der Waals surface area contributed by atoms with Crippen LogP contribution in [-0.2, 0) is 0 Å². The van der Waals surface area contributed by atoms with E-state index in [4.69, 9.17) is 9.97 Å². The third-order valence-corrected chi connectivity index (χ3v) is 7.98. The van der Waals surface area contributed by atoms with Crippen LogP contribution in [0.1, 0.15) is 22.8 Å². The van der Waals surface area contributed by atoms with Gasteiger partial charge in [0.25, 0.3) is 0 Å². The molecular formula is C36H22N8. The maximum atomic E-state index is 5.02. The standard InChI is InChI=1S/C36H22N8/c1-3-7-21(8-4-1)35-27-15-11-23(37-27)31-19-33(43-41-31)25-13-17-29(39-25)36(22-9-5-2-6-10-22)30-18-14-26(40-30)34-20-32(42-44-34)24-12-16-28(35)38-24/h1-20,37,39H. The summed E-state index contributed by atoms with van der Waals surface area (Å²) in [4.78, 5) is 17.2. The molecule has 4 aromatic heterocycles. The van der Waals surface area contributed by atoms with Crippen molar-refractivity contribution in [1.82, 2.24) is 30.1 Å². The molecule has 0 radical (unpaired) electrons. The maximum absolute atomic E-state index is 5.02. The van der Waals surface area contributed by atoms with Gasteiger partial charge in [-0.2, -0.15) is 20.2 Å². The summed E-state index contributed by atoms with van der Waals surface area (Å²) < 4.78 is 0. The van der Waals surface area contributed by atoms with Crippen molar-refractivity contribution in [2.45, 2.75) is 0 Å². The van der Waals surface area contributed by atoms with E-state index in [1.54, 1.807) is 0 Å². The molecule has 206 valence electrons. The van der Waals surface area contributed by atoms with Crippen molar-refractivity contribution in [2.75, 3.05) is 0 Å². The van der Waals surface area contributed by atoms with Crippen LogP contribution in [0.2, 0.25) is 0 Å².